The molecule has 0 radical (unpaired) electrons. The minimum absolute atomic E-state index is 0.0393. The van der Waals surface area contributed by atoms with Crippen LogP contribution in [0, 0.1) is 0 Å². The molecule has 0 aliphatic carbocycles. The minimum atomic E-state index is -3.41. The lowest BCUT2D eigenvalue weighted by atomic mass is 10.1. The van der Waals surface area contributed by atoms with Crippen LogP contribution in [0.1, 0.15) is 16.8 Å². The van der Waals surface area contributed by atoms with Gasteiger partial charge in [0, 0.05) is 0 Å². The van der Waals surface area contributed by atoms with E-state index in [0.717, 1.165) is 0 Å². The van der Waals surface area contributed by atoms with Gasteiger partial charge < -0.3 is 18.9 Å². The van der Waals surface area contributed by atoms with Crippen molar-refractivity contribution in [2.45, 2.75) is 11.3 Å². The summed E-state index contributed by atoms with van der Waals surface area (Å²) in [7, 11) is 0.905. The number of sulfone groups is 1. The molecule has 2 aromatic rings. The Kier molecular flexibility index (Phi) is 7.06. The molecule has 0 saturated carbocycles. The molecule has 0 fully saturated rings. The summed E-state index contributed by atoms with van der Waals surface area (Å²) in [5.74, 6) is 0.137. The van der Waals surface area contributed by atoms with Crippen molar-refractivity contribution >= 4 is 15.8 Å². The summed E-state index contributed by atoms with van der Waals surface area (Å²) in [5.41, 5.74) is 0.168. The maximum absolute atomic E-state index is 12.3. The monoisotopic (exact) mass is 394 g/mol. The molecule has 2 rings (SSSR count). The maximum Gasteiger partial charge on any atom is 0.342 e. The first kappa shape index (κ1) is 20.6. The molecule has 0 spiro atoms. The van der Waals surface area contributed by atoms with Gasteiger partial charge in [-0.15, -0.1) is 0 Å². The van der Waals surface area contributed by atoms with Gasteiger partial charge in [-0.2, -0.15) is 0 Å². The average molecular weight is 394 g/mol. The van der Waals surface area contributed by atoms with Crippen LogP contribution in [0.15, 0.2) is 47.4 Å². The van der Waals surface area contributed by atoms with E-state index in [4.69, 9.17) is 18.9 Å². The quantitative estimate of drug-likeness (QED) is 0.477. The van der Waals surface area contributed by atoms with Crippen LogP contribution >= 0.6 is 0 Å². The van der Waals surface area contributed by atoms with E-state index in [1.54, 1.807) is 24.3 Å². The summed E-state index contributed by atoms with van der Waals surface area (Å²) in [6, 6.07) is 11.2. The fourth-order valence-corrected chi connectivity index (χ4v) is 3.80. The Balaban J connectivity index is 2.00. The zero-order valence-electron chi connectivity index (χ0n) is 15.4. The number of hydrogen-bond donors (Lipinski definition) is 0. The summed E-state index contributed by atoms with van der Waals surface area (Å²) >= 11 is 0. The van der Waals surface area contributed by atoms with E-state index < -0.39 is 15.8 Å². The molecule has 2 aromatic carbocycles. The largest absolute Gasteiger partial charge is 0.493 e. The van der Waals surface area contributed by atoms with Gasteiger partial charge in [-0.3, -0.25) is 0 Å². The molecule has 0 aromatic heterocycles. The van der Waals surface area contributed by atoms with Crippen LogP contribution in [-0.2, 0) is 14.6 Å². The maximum atomic E-state index is 12.3. The lowest BCUT2D eigenvalue weighted by Crippen LogP contribution is -2.13. The van der Waals surface area contributed by atoms with E-state index in [2.05, 4.69) is 0 Å². The number of carbonyl (C=O) groups is 1. The fourth-order valence-electron chi connectivity index (χ4n) is 2.50. The molecule has 0 atom stereocenters. The molecule has 0 saturated heterocycles. The summed E-state index contributed by atoms with van der Waals surface area (Å²) < 4.78 is 45.3. The second kappa shape index (κ2) is 9.27. The second-order valence-corrected chi connectivity index (χ2v) is 7.61. The minimum Gasteiger partial charge on any atom is -0.493 e. The SMILES string of the molecule is COc1ccc(C(=O)OCCCS(=O)(=O)c2ccccc2)c(OC)c1OC. The van der Waals surface area contributed by atoms with E-state index in [1.165, 1.54) is 39.5 Å². The molecule has 146 valence electrons. The zero-order valence-corrected chi connectivity index (χ0v) is 16.2. The Labute approximate surface area is 158 Å². The van der Waals surface area contributed by atoms with Crippen LogP contribution in [0.4, 0.5) is 0 Å². The zero-order chi connectivity index (χ0) is 19.9. The van der Waals surface area contributed by atoms with E-state index in [-0.39, 0.29) is 40.7 Å². The van der Waals surface area contributed by atoms with Crippen molar-refractivity contribution in [2.75, 3.05) is 33.7 Å². The first-order chi connectivity index (χ1) is 12.9. The number of esters is 1. The predicted molar refractivity (Wildman–Crippen MR) is 99.5 cm³/mol. The van der Waals surface area contributed by atoms with Crippen LogP contribution in [-0.4, -0.2) is 48.1 Å². The highest BCUT2D eigenvalue weighted by Crippen LogP contribution is 2.39. The van der Waals surface area contributed by atoms with E-state index in [9.17, 15) is 13.2 Å². The van der Waals surface area contributed by atoms with Gasteiger partial charge in [0.1, 0.15) is 5.56 Å². The van der Waals surface area contributed by atoms with Crippen molar-refractivity contribution in [3.8, 4) is 17.2 Å². The molecular formula is C19H22O7S. The van der Waals surface area contributed by atoms with Crippen molar-refractivity contribution in [1.29, 1.82) is 0 Å². The van der Waals surface area contributed by atoms with Gasteiger partial charge in [-0.05, 0) is 30.7 Å². The number of hydrogen-bond acceptors (Lipinski definition) is 7. The fraction of sp³-hybridized carbons (Fsp3) is 0.316. The van der Waals surface area contributed by atoms with E-state index in [0.29, 0.717) is 5.75 Å². The molecule has 0 unspecified atom stereocenters. The number of benzene rings is 2. The summed E-state index contributed by atoms with van der Waals surface area (Å²) in [5, 5.41) is 0. The van der Waals surface area contributed by atoms with Gasteiger partial charge >= 0.3 is 5.97 Å². The molecule has 0 aliphatic rings. The third-order valence-corrected chi connectivity index (χ3v) is 5.63. The summed E-state index contributed by atoms with van der Waals surface area (Å²) in [6.45, 7) is -0.0393. The third-order valence-electron chi connectivity index (χ3n) is 3.82. The Morgan fingerprint density at radius 1 is 0.889 bits per heavy atom. The smallest absolute Gasteiger partial charge is 0.342 e. The van der Waals surface area contributed by atoms with Crippen molar-refractivity contribution in [1.82, 2.24) is 0 Å². The first-order valence-corrected chi connectivity index (χ1v) is 9.83. The Bertz CT molecular complexity index is 876. The number of carbonyl (C=O) groups excluding carboxylic acids is 1. The summed E-state index contributed by atoms with van der Waals surface area (Å²) in [4.78, 5) is 12.6. The van der Waals surface area contributed by atoms with Crippen LogP contribution in [0.2, 0.25) is 0 Å². The molecule has 0 amide bonds. The van der Waals surface area contributed by atoms with Gasteiger partial charge in [0.25, 0.3) is 0 Å². The topological polar surface area (TPSA) is 88.1 Å². The number of rotatable bonds is 9. The highest BCUT2D eigenvalue weighted by molar-refractivity contribution is 7.91. The van der Waals surface area contributed by atoms with Gasteiger partial charge in [0.15, 0.2) is 21.3 Å². The highest BCUT2D eigenvalue weighted by atomic mass is 32.2. The molecule has 0 aliphatic heterocycles. The van der Waals surface area contributed by atoms with Gasteiger partial charge in [0.05, 0.1) is 38.6 Å². The highest BCUT2D eigenvalue weighted by Gasteiger charge is 2.22. The molecule has 8 heteroatoms. The van der Waals surface area contributed by atoms with Crippen LogP contribution < -0.4 is 14.2 Å². The molecule has 0 N–H and O–H groups in total. The molecule has 27 heavy (non-hydrogen) atoms. The number of ether oxygens (including phenoxy) is 4. The lowest BCUT2D eigenvalue weighted by molar-refractivity contribution is 0.0501. The van der Waals surface area contributed by atoms with E-state index in [1.807, 2.05) is 0 Å². The van der Waals surface area contributed by atoms with Gasteiger partial charge in [-0.25, -0.2) is 13.2 Å². The van der Waals surface area contributed by atoms with Crippen molar-refractivity contribution < 1.29 is 32.2 Å². The Hall–Kier alpha value is -2.74. The normalized spacial score (nSPS) is 10.9. The van der Waals surface area contributed by atoms with Crippen molar-refractivity contribution in [3.63, 3.8) is 0 Å². The predicted octanol–water partition coefficient (Wildman–Crippen LogP) is 2.73. The molecule has 7 nitrogen and oxygen atoms in total. The Morgan fingerprint density at radius 2 is 1.56 bits per heavy atom. The van der Waals surface area contributed by atoms with Gasteiger partial charge in [0.2, 0.25) is 5.75 Å². The van der Waals surface area contributed by atoms with Crippen molar-refractivity contribution in [2.24, 2.45) is 0 Å². The van der Waals surface area contributed by atoms with Crippen LogP contribution in [0.5, 0.6) is 17.2 Å². The number of methoxy groups -OCH3 is 3. The third kappa shape index (κ3) is 4.91. The van der Waals surface area contributed by atoms with Crippen LogP contribution in [0.25, 0.3) is 0 Å². The molecular weight excluding hydrogens is 372 g/mol. The van der Waals surface area contributed by atoms with E-state index >= 15 is 0 Å². The standard InChI is InChI=1S/C19H22O7S/c1-23-16-11-10-15(17(24-2)18(16)25-3)19(20)26-12-7-13-27(21,22)14-8-5-4-6-9-14/h4-6,8-11H,7,12-13H2,1-3H3. The average Bonchev–Trinajstić information content (AvgIpc) is 2.70. The lowest BCUT2D eigenvalue weighted by Gasteiger charge is -2.15. The second-order valence-electron chi connectivity index (χ2n) is 5.50. The Morgan fingerprint density at radius 3 is 2.15 bits per heavy atom. The first-order valence-electron chi connectivity index (χ1n) is 8.18. The molecule has 0 heterocycles. The van der Waals surface area contributed by atoms with Crippen LogP contribution in [0.3, 0.4) is 0 Å². The van der Waals surface area contributed by atoms with Crippen molar-refractivity contribution in [3.05, 3.63) is 48.0 Å². The van der Waals surface area contributed by atoms with Gasteiger partial charge in [-0.1, -0.05) is 18.2 Å². The summed E-state index contributed by atoms with van der Waals surface area (Å²) in [6.07, 6.45) is 0.179. The molecule has 0 bridgehead atoms.